The fraction of sp³-hybridized carbons (Fsp3) is 0.0588. The van der Waals surface area contributed by atoms with Crippen LogP contribution in [0.15, 0.2) is 118 Å². The Morgan fingerprint density at radius 1 is 0.791 bits per heavy atom. The third-order valence-electron chi connectivity index (χ3n) is 7.24. The summed E-state index contributed by atoms with van der Waals surface area (Å²) in [6.45, 7) is 2.11. The van der Waals surface area contributed by atoms with Crippen LogP contribution in [0.4, 0.5) is 10.8 Å². The molecule has 7 aromatic rings. The molecule has 4 aromatic carbocycles. The zero-order valence-electron chi connectivity index (χ0n) is 23.0. The zero-order chi connectivity index (χ0) is 29.3. The maximum absolute atomic E-state index is 6.20. The summed E-state index contributed by atoms with van der Waals surface area (Å²) in [7, 11) is 0. The minimum Gasteiger partial charge on any atom is -0.358 e. The molecule has 0 spiro atoms. The number of benzene rings is 4. The second-order valence-electron chi connectivity index (χ2n) is 9.93. The number of aromatic amines is 2. The van der Waals surface area contributed by atoms with Gasteiger partial charge in [0.15, 0.2) is 5.84 Å². The molecule has 0 fully saturated rings. The number of thiazole rings is 1. The first-order valence-electron chi connectivity index (χ1n) is 13.8. The van der Waals surface area contributed by atoms with E-state index in [1.165, 1.54) is 11.3 Å². The maximum Gasteiger partial charge on any atom is 0.211 e. The molecule has 0 unspecified atom stereocenters. The standard InChI is InChI=1S/C34H24Cl2N6S/c1-2-26-31(25-8-4-5-9-27(25)37-26)33(42-41-23-17-15-22(36)16-18-23)40-34-39-29(19-43-34)30-24-7-3-6-10-28(24)38-32(30)20-11-13-21(35)14-12-20/h3-19,37-38H,2H2,1H3. The van der Waals surface area contributed by atoms with E-state index in [0.717, 1.165) is 62.0 Å². The molecule has 0 aliphatic heterocycles. The molecule has 0 saturated heterocycles. The van der Waals surface area contributed by atoms with Crippen molar-refractivity contribution in [1.29, 1.82) is 0 Å². The van der Waals surface area contributed by atoms with Gasteiger partial charge in [0.25, 0.3) is 0 Å². The van der Waals surface area contributed by atoms with Crippen molar-refractivity contribution in [3.63, 3.8) is 0 Å². The maximum atomic E-state index is 6.20. The molecule has 3 heterocycles. The third kappa shape index (κ3) is 5.39. The van der Waals surface area contributed by atoms with E-state index in [0.29, 0.717) is 26.7 Å². The lowest BCUT2D eigenvalue weighted by Gasteiger charge is -2.04. The van der Waals surface area contributed by atoms with Crippen LogP contribution in [0, 0.1) is 0 Å². The van der Waals surface area contributed by atoms with Gasteiger partial charge in [-0.3, -0.25) is 0 Å². The predicted molar refractivity (Wildman–Crippen MR) is 180 cm³/mol. The van der Waals surface area contributed by atoms with Gasteiger partial charge < -0.3 is 9.97 Å². The highest BCUT2D eigenvalue weighted by Crippen LogP contribution is 2.40. The summed E-state index contributed by atoms with van der Waals surface area (Å²) < 4.78 is 0. The van der Waals surface area contributed by atoms with Crippen LogP contribution in [0.25, 0.3) is 44.3 Å². The lowest BCUT2D eigenvalue weighted by Crippen LogP contribution is -2.00. The first kappa shape index (κ1) is 27.3. The fourth-order valence-electron chi connectivity index (χ4n) is 5.22. The molecule has 3 aromatic heterocycles. The Morgan fingerprint density at radius 2 is 1.44 bits per heavy atom. The Hall–Kier alpha value is -4.56. The molecule has 0 aliphatic rings. The van der Waals surface area contributed by atoms with E-state index in [1.54, 1.807) is 12.1 Å². The third-order valence-corrected chi connectivity index (χ3v) is 8.47. The average Bonchev–Trinajstić information content (AvgIpc) is 3.75. The summed E-state index contributed by atoms with van der Waals surface area (Å²) in [5.74, 6) is 0.488. The number of halogens is 2. The number of para-hydroxylation sites is 2. The number of hydrogen-bond donors (Lipinski definition) is 2. The van der Waals surface area contributed by atoms with Gasteiger partial charge in [-0.2, -0.15) is 4.99 Å². The number of aliphatic imine (C=N–C) groups is 1. The van der Waals surface area contributed by atoms with E-state index in [2.05, 4.69) is 51.4 Å². The Morgan fingerprint density at radius 3 is 2.16 bits per heavy atom. The first-order valence-corrected chi connectivity index (χ1v) is 15.4. The van der Waals surface area contributed by atoms with Crippen molar-refractivity contribution < 1.29 is 0 Å². The normalized spacial score (nSPS) is 12.2. The van der Waals surface area contributed by atoms with E-state index < -0.39 is 0 Å². The van der Waals surface area contributed by atoms with Gasteiger partial charge in [0.2, 0.25) is 5.13 Å². The van der Waals surface area contributed by atoms with Crippen LogP contribution in [0.1, 0.15) is 18.2 Å². The van der Waals surface area contributed by atoms with Gasteiger partial charge in [-0.15, -0.1) is 21.6 Å². The molecule has 210 valence electrons. The fourth-order valence-corrected chi connectivity index (χ4v) is 6.15. The average molecular weight is 620 g/mol. The molecule has 0 bridgehead atoms. The molecule has 2 N–H and O–H groups in total. The minimum absolute atomic E-state index is 0.488. The van der Waals surface area contributed by atoms with E-state index in [4.69, 9.17) is 33.2 Å². The predicted octanol–water partition coefficient (Wildman–Crippen LogP) is 11.2. The number of aryl methyl sites for hydroxylation is 1. The molecule has 0 radical (unpaired) electrons. The van der Waals surface area contributed by atoms with Crippen LogP contribution in [-0.4, -0.2) is 20.8 Å². The second-order valence-corrected chi connectivity index (χ2v) is 11.6. The first-order chi connectivity index (χ1) is 21.1. The van der Waals surface area contributed by atoms with E-state index in [-0.39, 0.29) is 0 Å². The van der Waals surface area contributed by atoms with Crippen molar-refractivity contribution >= 4 is 73.0 Å². The molecular formula is C34H24Cl2N6S. The lowest BCUT2D eigenvalue weighted by atomic mass is 10.0. The Balaban J connectivity index is 1.37. The number of H-pyrrole nitrogens is 2. The van der Waals surface area contributed by atoms with Crippen LogP contribution in [-0.2, 0) is 6.42 Å². The van der Waals surface area contributed by atoms with Crippen molar-refractivity contribution in [2.24, 2.45) is 15.2 Å². The highest BCUT2D eigenvalue weighted by molar-refractivity contribution is 7.13. The summed E-state index contributed by atoms with van der Waals surface area (Å²) in [5, 5.41) is 15.3. The van der Waals surface area contributed by atoms with E-state index in [1.807, 2.05) is 66.0 Å². The monoisotopic (exact) mass is 618 g/mol. The lowest BCUT2D eigenvalue weighted by molar-refractivity contribution is 1.06. The second kappa shape index (κ2) is 11.6. The van der Waals surface area contributed by atoms with Gasteiger partial charge in [-0.05, 0) is 60.5 Å². The molecule has 0 saturated carbocycles. The zero-order valence-corrected chi connectivity index (χ0v) is 25.3. The smallest absolute Gasteiger partial charge is 0.211 e. The number of nitrogens with one attached hydrogen (secondary N) is 2. The SMILES string of the molecule is CCc1[nH]c2ccccc2c1C(N=Nc1ccc(Cl)cc1)=Nc1nc(-c2c(-c3ccc(Cl)cc3)[nH]c3ccccc23)cs1. The number of rotatable bonds is 6. The molecular weight excluding hydrogens is 595 g/mol. The van der Waals surface area contributed by atoms with Crippen molar-refractivity contribution in [3.05, 3.63) is 124 Å². The van der Waals surface area contributed by atoms with Gasteiger partial charge in [-0.25, -0.2) is 4.98 Å². The minimum atomic E-state index is 0.488. The van der Waals surface area contributed by atoms with Gasteiger partial charge in [0.1, 0.15) is 0 Å². The number of azo groups is 1. The summed E-state index contributed by atoms with van der Waals surface area (Å²) >= 11 is 13.8. The van der Waals surface area contributed by atoms with Crippen LogP contribution in [0.5, 0.6) is 0 Å². The van der Waals surface area contributed by atoms with Crippen molar-refractivity contribution in [2.75, 3.05) is 0 Å². The Bertz CT molecular complexity index is 2140. The summed E-state index contributed by atoms with van der Waals surface area (Å²) in [6.07, 6.45) is 0.780. The van der Waals surface area contributed by atoms with Crippen molar-refractivity contribution in [2.45, 2.75) is 13.3 Å². The summed E-state index contributed by atoms with van der Waals surface area (Å²) in [5.41, 5.74) is 8.54. The molecule has 0 amide bonds. The molecule has 7 rings (SSSR count). The summed E-state index contributed by atoms with van der Waals surface area (Å²) in [4.78, 5) is 17.1. The number of fused-ring (bicyclic) bond motifs is 2. The molecule has 9 heteroatoms. The Labute approximate surface area is 261 Å². The molecule has 0 atom stereocenters. The van der Waals surface area contributed by atoms with Gasteiger partial charge >= 0.3 is 0 Å². The molecule has 6 nitrogen and oxygen atoms in total. The highest BCUT2D eigenvalue weighted by atomic mass is 35.5. The number of nitrogens with zero attached hydrogens (tertiary/aromatic N) is 4. The molecule has 43 heavy (non-hydrogen) atoms. The quantitative estimate of drug-likeness (QED) is 0.108. The topological polar surface area (TPSA) is 81.5 Å². The molecule has 0 aliphatic carbocycles. The van der Waals surface area contributed by atoms with Crippen molar-refractivity contribution in [1.82, 2.24) is 15.0 Å². The number of hydrogen-bond acceptors (Lipinski definition) is 4. The Kier molecular flexibility index (Phi) is 7.37. The van der Waals surface area contributed by atoms with Crippen LogP contribution in [0.2, 0.25) is 10.0 Å². The van der Waals surface area contributed by atoms with Gasteiger partial charge in [0.05, 0.1) is 17.1 Å². The number of amidine groups is 1. The van der Waals surface area contributed by atoms with E-state index >= 15 is 0 Å². The van der Waals surface area contributed by atoms with Gasteiger partial charge in [-0.1, -0.05) is 78.7 Å². The summed E-state index contributed by atoms with van der Waals surface area (Å²) in [6, 6.07) is 31.5. The van der Waals surface area contributed by atoms with Gasteiger partial charge in [0, 0.05) is 54.1 Å². The highest BCUT2D eigenvalue weighted by Gasteiger charge is 2.20. The number of aromatic nitrogens is 3. The van der Waals surface area contributed by atoms with Crippen LogP contribution in [0.3, 0.4) is 0 Å². The van der Waals surface area contributed by atoms with E-state index in [9.17, 15) is 0 Å². The van der Waals surface area contributed by atoms with Crippen LogP contribution >= 0.6 is 34.5 Å². The van der Waals surface area contributed by atoms with Crippen molar-refractivity contribution in [3.8, 4) is 22.5 Å². The van der Waals surface area contributed by atoms with Crippen LogP contribution < -0.4 is 0 Å². The largest absolute Gasteiger partial charge is 0.358 e.